The molecule has 1 nitrogen and oxygen atoms in total. The van der Waals surface area contributed by atoms with E-state index < -0.39 is 0 Å². The second kappa shape index (κ2) is 3.20. The molecule has 1 heteroatoms. The molecule has 0 saturated carbocycles. The molecule has 0 bridgehead atoms. The van der Waals surface area contributed by atoms with Crippen molar-refractivity contribution in [3.05, 3.63) is 11.6 Å². The van der Waals surface area contributed by atoms with E-state index in [1.54, 1.807) is 5.57 Å². The van der Waals surface area contributed by atoms with Gasteiger partial charge in [0.15, 0.2) is 0 Å². The predicted octanol–water partition coefficient (Wildman–Crippen LogP) is 2.05. The van der Waals surface area contributed by atoms with Crippen LogP contribution in [0, 0.1) is 0 Å². The van der Waals surface area contributed by atoms with Crippen LogP contribution in [0.1, 0.15) is 27.2 Å². The lowest BCUT2D eigenvalue weighted by atomic mass is 10.1. The molecular weight excluding hydrogens is 122 g/mol. The van der Waals surface area contributed by atoms with Crippen molar-refractivity contribution in [2.45, 2.75) is 33.2 Å². The van der Waals surface area contributed by atoms with Gasteiger partial charge in [0, 0.05) is 12.6 Å². The van der Waals surface area contributed by atoms with Crippen LogP contribution in [0.4, 0.5) is 0 Å². The molecule has 0 aromatic carbocycles. The molecule has 1 aliphatic rings. The Morgan fingerprint density at radius 3 is 2.90 bits per heavy atom. The molecule has 1 rings (SSSR count). The fourth-order valence-corrected chi connectivity index (χ4v) is 1.57. The minimum atomic E-state index is 0.666. The van der Waals surface area contributed by atoms with Crippen molar-refractivity contribution >= 4 is 0 Å². The van der Waals surface area contributed by atoms with E-state index in [9.17, 15) is 0 Å². The van der Waals surface area contributed by atoms with E-state index in [-0.39, 0.29) is 0 Å². The maximum atomic E-state index is 2.49. The van der Waals surface area contributed by atoms with Crippen LogP contribution in [0.2, 0.25) is 0 Å². The van der Waals surface area contributed by atoms with Crippen LogP contribution in [-0.4, -0.2) is 24.0 Å². The zero-order chi connectivity index (χ0) is 7.56. The Bertz CT molecular complexity index is 138. The van der Waals surface area contributed by atoms with Gasteiger partial charge in [-0.3, -0.25) is 4.90 Å². The molecule has 1 atom stereocenters. The molecule has 0 aliphatic carbocycles. The standard InChI is InChI=1S/C9H17N/c1-4-10-6-5-8(2)7-9(10)3/h7,9H,4-6H2,1-3H3/t9-/m0/s1. The van der Waals surface area contributed by atoms with Crippen LogP contribution in [0.15, 0.2) is 11.6 Å². The highest BCUT2D eigenvalue weighted by Crippen LogP contribution is 2.14. The summed E-state index contributed by atoms with van der Waals surface area (Å²) in [6, 6.07) is 0.666. The zero-order valence-electron chi connectivity index (χ0n) is 7.22. The van der Waals surface area contributed by atoms with Gasteiger partial charge in [0.2, 0.25) is 0 Å². The Hall–Kier alpha value is -0.300. The van der Waals surface area contributed by atoms with Gasteiger partial charge in [0.05, 0.1) is 0 Å². The van der Waals surface area contributed by atoms with E-state index in [2.05, 4.69) is 31.7 Å². The third-order valence-electron chi connectivity index (χ3n) is 2.30. The van der Waals surface area contributed by atoms with Crippen molar-refractivity contribution in [3.63, 3.8) is 0 Å². The van der Waals surface area contributed by atoms with Crippen molar-refractivity contribution in [1.82, 2.24) is 4.90 Å². The van der Waals surface area contributed by atoms with Crippen molar-refractivity contribution in [2.75, 3.05) is 13.1 Å². The molecule has 58 valence electrons. The van der Waals surface area contributed by atoms with Crippen LogP contribution in [-0.2, 0) is 0 Å². The molecule has 0 saturated heterocycles. The molecule has 1 heterocycles. The quantitative estimate of drug-likeness (QED) is 0.502. The van der Waals surface area contributed by atoms with Crippen LogP contribution < -0.4 is 0 Å². The van der Waals surface area contributed by atoms with Gasteiger partial charge in [-0.25, -0.2) is 0 Å². The molecule has 0 aromatic heterocycles. The van der Waals surface area contributed by atoms with Crippen LogP contribution >= 0.6 is 0 Å². The second-order valence-electron chi connectivity index (χ2n) is 3.13. The Labute approximate surface area is 63.7 Å². The van der Waals surface area contributed by atoms with Crippen molar-refractivity contribution in [1.29, 1.82) is 0 Å². The van der Waals surface area contributed by atoms with Gasteiger partial charge in [-0.15, -0.1) is 0 Å². The average molecular weight is 139 g/mol. The maximum Gasteiger partial charge on any atom is 0.0252 e. The molecule has 0 spiro atoms. The molecule has 0 radical (unpaired) electrons. The highest BCUT2D eigenvalue weighted by Gasteiger charge is 2.13. The topological polar surface area (TPSA) is 3.24 Å². The van der Waals surface area contributed by atoms with Crippen LogP contribution in [0.25, 0.3) is 0 Å². The molecule has 10 heavy (non-hydrogen) atoms. The number of nitrogens with zero attached hydrogens (tertiary/aromatic N) is 1. The fraction of sp³-hybridized carbons (Fsp3) is 0.778. The summed E-state index contributed by atoms with van der Waals surface area (Å²) in [7, 11) is 0. The lowest BCUT2D eigenvalue weighted by Crippen LogP contribution is -2.35. The molecule has 0 fully saturated rings. The number of likely N-dealkylation sites (N-methyl/N-ethyl adjacent to an activating group) is 1. The molecule has 0 aromatic rings. The van der Waals surface area contributed by atoms with E-state index in [1.165, 1.54) is 19.5 Å². The van der Waals surface area contributed by atoms with E-state index in [4.69, 9.17) is 0 Å². The van der Waals surface area contributed by atoms with E-state index in [0.717, 1.165) is 0 Å². The summed E-state index contributed by atoms with van der Waals surface area (Å²) in [4.78, 5) is 2.49. The zero-order valence-corrected chi connectivity index (χ0v) is 7.22. The SMILES string of the molecule is CCN1CCC(C)=C[C@@H]1C. The summed E-state index contributed by atoms with van der Waals surface area (Å²) in [6.07, 6.45) is 3.63. The van der Waals surface area contributed by atoms with Gasteiger partial charge in [-0.05, 0) is 26.8 Å². The fourth-order valence-electron chi connectivity index (χ4n) is 1.57. The number of hydrogen-bond donors (Lipinski definition) is 0. The molecule has 1 aliphatic heterocycles. The Kier molecular flexibility index (Phi) is 2.50. The van der Waals surface area contributed by atoms with Gasteiger partial charge in [-0.2, -0.15) is 0 Å². The molecule has 0 amide bonds. The van der Waals surface area contributed by atoms with Crippen LogP contribution in [0.3, 0.4) is 0 Å². The highest BCUT2D eigenvalue weighted by molar-refractivity contribution is 5.07. The van der Waals surface area contributed by atoms with Crippen molar-refractivity contribution in [2.24, 2.45) is 0 Å². The van der Waals surface area contributed by atoms with Crippen molar-refractivity contribution < 1.29 is 0 Å². The Morgan fingerprint density at radius 2 is 2.40 bits per heavy atom. The second-order valence-corrected chi connectivity index (χ2v) is 3.13. The first-order valence-electron chi connectivity index (χ1n) is 4.15. The Balaban J connectivity index is 2.55. The number of hydrogen-bond acceptors (Lipinski definition) is 1. The summed E-state index contributed by atoms with van der Waals surface area (Å²) in [6.45, 7) is 9.16. The van der Waals surface area contributed by atoms with Crippen molar-refractivity contribution in [3.8, 4) is 0 Å². The summed E-state index contributed by atoms with van der Waals surface area (Å²) >= 11 is 0. The first kappa shape index (κ1) is 7.80. The third-order valence-corrected chi connectivity index (χ3v) is 2.30. The normalized spacial score (nSPS) is 28.3. The smallest absolute Gasteiger partial charge is 0.0252 e. The van der Waals surface area contributed by atoms with E-state index in [0.29, 0.717) is 6.04 Å². The third kappa shape index (κ3) is 1.60. The molecule has 0 N–H and O–H groups in total. The summed E-state index contributed by atoms with van der Waals surface area (Å²) in [5.74, 6) is 0. The Morgan fingerprint density at radius 1 is 1.70 bits per heavy atom. The van der Waals surface area contributed by atoms with Gasteiger partial charge in [-0.1, -0.05) is 18.6 Å². The highest BCUT2D eigenvalue weighted by atomic mass is 15.1. The van der Waals surface area contributed by atoms with E-state index >= 15 is 0 Å². The van der Waals surface area contributed by atoms with Gasteiger partial charge >= 0.3 is 0 Å². The summed E-state index contributed by atoms with van der Waals surface area (Å²) in [5, 5.41) is 0. The monoisotopic (exact) mass is 139 g/mol. The van der Waals surface area contributed by atoms with Gasteiger partial charge < -0.3 is 0 Å². The van der Waals surface area contributed by atoms with Gasteiger partial charge in [0.1, 0.15) is 0 Å². The first-order chi connectivity index (χ1) is 4.74. The predicted molar refractivity (Wildman–Crippen MR) is 45.1 cm³/mol. The summed E-state index contributed by atoms with van der Waals surface area (Å²) < 4.78 is 0. The van der Waals surface area contributed by atoms with E-state index in [1.807, 2.05) is 0 Å². The maximum absolute atomic E-state index is 2.49. The molecular formula is C9H17N. The van der Waals surface area contributed by atoms with Gasteiger partial charge in [0.25, 0.3) is 0 Å². The lowest BCUT2D eigenvalue weighted by molar-refractivity contribution is 0.244. The largest absolute Gasteiger partial charge is 0.297 e. The molecule has 0 unspecified atom stereocenters. The number of rotatable bonds is 1. The minimum absolute atomic E-state index is 0.666. The van der Waals surface area contributed by atoms with Crippen LogP contribution in [0.5, 0.6) is 0 Å². The lowest BCUT2D eigenvalue weighted by Gasteiger charge is -2.30. The minimum Gasteiger partial charge on any atom is -0.297 e. The average Bonchev–Trinajstić information content (AvgIpc) is 1.88. The summed E-state index contributed by atoms with van der Waals surface area (Å²) in [5.41, 5.74) is 1.55. The first-order valence-corrected chi connectivity index (χ1v) is 4.15.